The Kier molecular flexibility index (Phi) is 7.09. The van der Waals surface area contributed by atoms with Crippen molar-refractivity contribution in [1.82, 2.24) is 4.90 Å². The van der Waals surface area contributed by atoms with Crippen molar-refractivity contribution in [2.45, 2.75) is 26.2 Å². The molecule has 0 aliphatic rings. The fourth-order valence-electron chi connectivity index (χ4n) is 1.52. The van der Waals surface area contributed by atoms with Crippen LogP contribution in [-0.4, -0.2) is 31.3 Å². The Balaban J connectivity index is 0.00000256. The maximum Gasteiger partial charge on any atom is 0.164 e. The van der Waals surface area contributed by atoms with Crippen LogP contribution in [0.25, 0.3) is 0 Å². The Hall–Kier alpha value is -0.860. The normalized spacial score (nSPS) is 10.5. The minimum absolute atomic E-state index is 0. The molecule has 1 rings (SSSR count). The summed E-state index contributed by atoms with van der Waals surface area (Å²) in [4.78, 5) is 13.8. The number of rotatable bonds is 5. The molecule has 1 aromatic rings. The van der Waals surface area contributed by atoms with Crippen molar-refractivity contribution in [2.24, 2.45) is 0 Å². The highest BCUT2D eigenvalue weighted by Crippen LogP contribution is 2.15. The average molecular weight is 255 g/mol. The summed E-state index contributed by atoms with van der Waals surface area (Å²) in [6.45, 7) is 5.12. The summed E-state index contributed by atoms with van der Waals surface area (Å²) in [6, 6.07) is 7.97. The number of nitrogens with zero attached hydrogens (tertiary/aromatic N) is 1. The topological polar surface area (TPSA) is 20.3 Å². The largest absolute Gasteiger partial charge is 1.00 e. The molecule has 0 aliphatic carbocycles. The highest BCUT2D eigenvalue weighted by molar-refractivity contribution is 5.96. The second kappa shape index (κ2) is 7.46. The molecule has 3 heteroatoms. The molecule has 17 heavy (non-hydrogen) atoms. The summed E-state index contributed by atoms with van der Waals surface area (Å²) in [5.74, 6) is 0.745. The maximum atomic E-state index is 11.8. The molecular weight excluding hydrogens is 234 g/mol. The third kappa shape index (κ3) is 5.33. The van der Waals surface area contributed by atoms with E-state index in [-0.39, 0.29) is 18.2 Å². The molecule has 0 fully saturated rings. The van der Waals surface area contributed by atoms with E-state index in [0.29, 0.717) is 12.3 Å². The van der Waals surface area contributed by atoms with Crippen LogP contribution in [0.4, 0.5) is 0 Å². The molecule has 0 amide bonds. The van der Waals surface area contributed by atoms with E-state index in [1.807, 2.05) is 43.3 Å². The molecule has 1 aromatic carbocycles. The van der Waals surface area contributed by atoms with Gasteiger partial charge in [-0.25, -0.2) is 0 Å². The maximum absolute atomic E-state index is 11.8. The van der Waals surface area contributed by atoms with Crippen LogP contribution in [0, 0.1) is 0 Å². The first kappa shape index (κ1) is 16.1. The Morgan fingerprint density at radius 1 is 1.18 bits per heavy atom. The SMILES string of the molecule is CC(C)c1ccc(C(=O)CCN(C)C)cc1.[Cl-]. The van der Waals surface area contributed by atoms with Gasteiger partial charge in [0, 0.05) is 18.5 Å². The zero-order valence-corrected chi connectivity index (χ0v) is 11.8. The van der Waals surface area contributed by atoms with Gasteiger partial charge >= 0.3 is 0 Å². The Bertz CT molecular complexity index is 344. The molecule has 0 N–H and O–H groups in total. The van der Waals surface area contributed by atoms with E-state index < -0.39 is 0 Å². The Labute approximate surface area is 110 Å². The van der Waals surface area contributed by atoms with Gasteiger partial charge in [-0.15, -0.1) is 0 Å². The van der Waals surface area contributed by atoms with Crippen LogP contribution in [0.5, 0.6) is 0 Å². The minimum atomic E-state index is 0. The first-order valence-corrected chi connectivity index (χ1v) is 5.78. The molecule has 0 saturated heterocycles. The number of hydrogen-bond acceptors (Lipinski definition) is 2. The average Bonchev–Trinajstić information content (AvgIpc) is 2.26. The van der Waals surface area contributed by atoms with E-state index in [4.69, 9.17) is 0 Å². The molecule has 0 spiro atoms. The summed E-state index contributed by atoms with van der Waals surface area (Å²) in [7, 11) is 3.96. The van der Waals surface area contributed by atoms with Gasteiger partial charge in [0.25, 0.3) is 0 Å². The zero-order valence-electron chi connectivity index (χ0n) is 11.0. The quantitative estimate of drug-likeness (QED) is 0.687. The summed E-state index contributed by atoms with van der Waals surface area (Å²) in [5, 5.41) is 0. The molecule has 0 bridgehead atoms. The molecule has 96 valence electrons. The van der Waals surface area contributed by atoms with E-state index in [1.165, 1.54) is 5.56 Å². The third-order valence-corrected chi connectivity index (χ3v) is 2.69. The summed E-state index contributed by atoms with van der Waals surface area (Å²) >= 11 is 0. The summed E-state index contributed by atoms with van der Waals surface area (Å²) in [6.07, 6.45) is 0.591. The van der Waals surface area contributed by atoms with E-state index >= 15 is 0 Å². The van der Waals surface area contributed by atoms with Crippen molar-refractivity contribution in [3.05, 3.63) is 35.4 Å². The molecule has 0 saturated carbocycles. The lowest BCUT2D eigenvalue weighted by atomic mass is 10.00. The van der Waals surface area contributed by atoms with Gasteiger partial charge in [0.1, 0.15) is 0 Å². The number of carbonyl (C=O) groups excluding carboxylic acids is 1. The number of hydrogen-bond donors (Lipinski definition) is 0. The van der Waals surface area contributed by atoms with Crippen LogP contribution >= 0.6 is 0 Å². The molecule has 0 unspecified atom stereocenters. The smallest absolute Gasteiger partial charge is 0.164 e. The molecule has 0 heterocycles. The molecule has 0 radical (unpaired) electrons. The fourth-order valence-corrected chi connectivity index (χ4v) is 1.52. The second-order valence-corrected chi connectivity index (χ2v) is 4.75. The first-order chi connectivity index (χ1) is 7.50. The van der Waals surface area contributed by atoms with Crippen molar-refractivity contribution in [3.63, 3.8) is 0 Å². The standard InChI is InChI=1S/C14H21NO.ClH/c1-11(2)12-5-7-13(8-6-12)14(16)9-10-15(3)4;/h5-8,11H,9-10H2,1-4H3;1H/p-1. The van der Waals surface area contributed by atoms with Gasteiger partial charge in [0.15, 0.2) is 5.78 Å². The van der Waals surface area contributed by atoms with E-state index in [2.05, 4.69) is 13.8 Å². The second-order valence-electron chi connectivity index (χ2n) is 4.75. The lowest BCUT2D eigenvalue weighted by molar-refractivity contribution is -0.0000115. The monoisotopic (exact) mass is 254 g/mol. The number of halogens is 1. The Morgan fingerprint density at radius 3 is 2.12 bits per heavy atom. The number of Topliss-reactive ketones (excluding diaryl/α,β-unsaturated/α-hetero) is 1. The molecule has 0 aliphatic heterocycles. The van der Waals surface area contributed by atoms with Crippen molar-refractivity contribution >= 4 is 5.78 Å². The van der Waals surface area contributed by atoms with Crippen molar-refractivity contribution in [2.75, 3.05) is 20.6 Å². The third-order valence-electron chi connectivity index (χ3n) is 2.69. The molecule has 0 aromatic heterocycles. The highest BCUT2D eigenvalue weighted by Gasteiger charge is 2.06. The van der Waals surface area contributed by atoms with Gasteiger partial charge in [-0.2, -0.15) is 0 Å². The number of carbonyl (C=O) groups is 1. The minimum Gasteiger partial charge on any atom is -1.00 e. The first-order valence-electron chi connectivity index (χ1n) is 5.78. The van der Waals surface area contributed by atoms with Crippen LogP contribution in [-0.2, 0) is 0 Å². The lowest BCUT2D eigenvalue weighted by Gasteiger charge is -2.09. The van der Waals surface area contributed by atoms with Gasteiger partial charge in [0.05, 0.1) is 0 Å². The summed E-state index contributed by atoms with van der Waals surface area (Å²) < 4.78 is 0. The lowest BCUT2D eigenvalue weighted by Crippen LogP contribution is -3.00. The van der Waals surface area contributed by atoms with Crippen molar-refractivity contribution in [3.8, 4) is 0 Å². The predicted molar refractivity (Wildman–Crippen MR) is 68.0 cm³/mol. The van der Waals surface area contributed by atoms with Crippen LogP contribution in [0.15, 0.2) is 24.3 Å². The summed E-state index contributed by atoms with van der Waals surface area (Å²) in [5.41, 5.74) is 2.11. The Morgan fingerprint density at radius 2 is 1.71 bits per heavy atom. The van der Waals surface area contributed by atoms with E-state index in [0.717, 1.165) is 12.1 Å². The molecule has 2 nitrogen and oxygen atoms in total. The van der Waals surface area contributed by atoms with Crippen LogP contribution in [0.3, 0.4) is 0 Å². The number of ketones is 1. The number of benzene rings is 1. The van der Waals surface area contributed by atoms with E-state index in [1.54, 1.807) is 0 Å². The molecular formula is C14H21ClNO-. The predicted octanol–water partition coefficient (Wildman–Crippen LogP) is -0.0516. The van der Waals surface area contributed by atoms with Crippen LogP contribution in [0.1, 0.15) is 42.1 Å². The van der Waals surface area contributed by atoms with Gasteiger partial charge in [-0.05, 0) is 25.6 Å². The van der Waals surface area contributed by atoms with E-state index in [9.17, 15) is 4.79 Å². The van der Waals surface area contributed by atoms with Gasteiger partial charge in [0.2, 0.25) is 0 Å². The van der Waals surface area contributed by atoms with Gasteiger partial charge < -0.3 is 17.3 Å². The highest BCUT2D eigenvalue weighted by atomic mass is 35.5. The van der Waals surface area contributed by atoms with Crippen LogP contribution < -0.4 is 12.4 Å². The fraction of sp³-hybridized carbons (Fsp3) is 0.500. The van der Waals surface area contributed by atoms with Crippen molar-refractivity contribution in [1.29, 1.82) is 0 Å². The van der Waals surface area contributed by atoms with Gasteiger partial charge in [-0.1, -0.05) is 38.1 Å². The van der Waals surface area contributed by atoms with Gasteiger partial charge in [-0.3, -0.25) is 4.79 Å². The molecule has 0 atom stereocenters. The zero-order chi connectivity index (χ0) is 12.1. The van der Waals surface area contributed by atoms with Crippen LogP contribution in [0.2, 0.25) is 0 Å². The van der Waals surface area contributed by atoms with Crippen molar-refractivity contribution < 1.29 is 17.2 Å².